The number of allylic oxidation sites excluding steroid dienone is 2. The fraction of sp³-hybridized carbons (Fsp3) is 0.882. The topological polar surface area (TPSA) is 15.3 Å². The van der Waals surface area contributed by atoms with Crippen LogP contribution in [0, 0.1) is 17.8 Å². The van der Waals surface area contributed by atoms with Crippen LogP contribution < -0.4 is 5.32 Å². The molecule has 2 aliphatic carbocycles. The molecule has 1 heterocycles. The van der Waals surface area contributed by atoms with Crippen LogP contribution in [0.25, 0.3) is 0 Å². The molecule has 19 heavy (non-hydrogen) atoms. The third-order valence-electron chi connectivity index (χ3n) is 5.50. The summed E-state index contributed by atoms with van der Waals surface area (Å²) in [7, 11) is 0. The molecule has 3 atom stereocenters. The van der Waals surface area contributed by atoms with Gasteiger partial charge in [-0.3, -0.25) is 0 Å². The predicted octanol–water partition coefficient (Wildman–Crippen LogP) is 3.05. The summed E-state index contributed by atoms with van der Waals surface area (Å²) in [4.78, 5) is 2.65. The van der Waals surface area contributed by atoms with Crippen molar-refractivity contribution >= 4 is 0 Å². The minimum absolute atomic E-state index is 0.793. The molecule has 0 spiro atoms. The highest BCUT2D eigenvalue weighted by atomic mass is 15.1. The van der Waals surface area contributed by atoms with Crippen LogP contribution >= 0.6 is 0 Å². The molecule has 0 amide bonds. The Balaban J connectivity index is 1.33. The Bertz CT molecular complexity index is 304. The van der Waals surface area contributed by atoms with Crippen LogP contribution in [0.1, 0.15) is 45.4 Å². The fourth-order valence-electron chi connectivity index (χ4n) is 4.19. The average Bonchev–Trinajstić information content (AvgIpc) is 3.06. The monoisotopic (exact) mass is 262 g/mol. The van der Waals surface area contributed by atoms with Gasteiger partial charge in [-0.2, -0.15) is 0 Å². The Hall–Kier alpha value is -0.340. The van der Waals surface area contributed by atoms with E-state index in [0.717, 1.165) is 23.8 Å². The number of fused-ring (bicyclic) bond motifs is 2. The summed E-state index contributed by atoms with van der Waals surface area (Å²) < 4.78 is 0. The van der Waals surface area contributed by atoms with Crippen molar-refractivity contribution in [2.45, 2.75) is 51.5 Å². The van der Waals surface area contributed by atoms with E-state index in [0.29, 0.717) is 0 Å². The summed E-state index contributed by atoms with van der Waals surface area (Å²) in [5.74, 6) is 2.77. The van der Waals surface area contributed by atoms with Crippen LogP contribution in [0.2, 0.25) is 0 Å². The second-order valence-corrected chi connectivity index (χ2v) is 6.92. The Kier molecular flexibility index (Phi) is 4.60. The van der Waals surface area contributed by atoms with Crippen LogP contribution in [0.15, 0.2) is 12.2 Å². The summed E-state index contributed by atoms with van der Waals surface area (Å²) in [6, 6.07) is 0.793. The molecule has 2 bridgehead atoms. The number of hydrogen-bond donors (Lipinski definition) is 1. The summed E-state index contributed by atoms with van der Waals surface area (Å²) in [6.07, 6.45) is 13.2. The lowest BCUT2D eigenvalue weighted by Crippen LogP contribution is -2.44. The van der Waals surface area contributed by atoms with E-state index in [1.165, 1.54) is 64.7 Å². The maximum atomic E-state index is 3.86. The smallest absolute Gasteiger partial charge is 0.00915 e. The highest BCUT2D eigenvalue weighted by molar-refractivity contribution is 5.10. The van der Waals surface area contributed by atoms with Gasteiger partial charge in [0.15, 0.2) is 0 Å². The second kappa shape index (κ2) is 6.41. The van der Waals surface area contributed by atoms with Crippen molar-refractivity contribution in [1.29, 1.82) is 0 Å². The predicted molar refractivity (Wildman–Crippen MR) is 81.2 cm³/mol. The number of nitrogens with one attached hydrogen (secondary N) is 1. The molecule has 3 unspecified atom stereocenters. The zero-order chi connectivity index (χ0) is 13.1. The van der Waals surface area contributed by atoms with E-state index in [2.05, 4.69) is 29.3 Å². The summed E-state index contributed by atoms with van der Waals surface area (Å²) in [5.41, 5.74) is 0. The van der Waals surface area contributed by atoms with Gasteiger partial charge in [0.1, 0.15) is 0 Å². The van der Waals surface area contributed by atoms with Gasteiger partial charge in [0, 0.05) is 6.04 Å². The maximum absolute atomic E-state index is 3.86. The average molecular weight is 262 g/mol. The van der Waals surface area contributed by atoms with E-state index in [-0.39, 0.29) is 0 Å². The third kappa shape index (κ3) is 3.41. The number of unbranched alkanes of at least 4 members (excludes halogenated alkanes) is 1. The molecule has 1 saturated carbocycles. The van der Waals surface area contributed by atoms with Crippen molar-refractivity contribution in [3.05, 3.63) is 12.2 Å². The second-order valence-electron chi connectivity index (χ2n) is 6.92. The molecule has 2 fully saturated rings. The molecule has 0 aromatic carbocycles. The lowest BCUT2D eigenvalue weighted by atomic mass is 9.93. The standard InChI is InChI=1S/C17H30N2/c1-2-3-8-19-9-6-17(7-10-19)18-13-16-12-14-4-5-15(16)11-14/h4-5,14-18H,2-3,6-13H2,1H3. The largest absolute Gasteiger partial charge is 0.314 e. The minimum Gasteiger partial charge on any atom is -0.314 e. The minimum atomic E-state index is 0.793. The van der Waals surface area contributed by atoms with Crippen LogP contribution in [0.3, 0.4) is 0 Å². The van der Waals surface area contributed by atoms with Gasteiger partial charge in [-0.15, -0.1) is 0 Å². The Morgan fingerprint density at radius 3 is 2.63 bits per heavy atom. The maximum Gasteiger partial charge on any atom is 0.00915 e. The molecule has 0 aromatic heterocycles. The Morgan fingerprint density at radius 1 is 1.16 bits per heavy atom. The Morgan fingerprint density at radius 2 is 2.00 bits per heavy atom. The van der Waals surface area contributed by atoms with Crippen molar-refractivity contribution in [2.24, 2.45) is 17.8 Å². The van der Waals surface area contributed by atoms with Crippen molar-refractivity contribution in [3.8, 4) is 0 Å². The van der Waals surface area contributed by atoms with E-state index in [1.807, 2.05) is 0 Å². The lowest BCUT2D eigenvalue weighted by molar-refractivity contribution is 0.191. The summed E-state index contributed by atoms with van der Waals surface area (Å²) in [6.45, 7) is 7.51. The first-order valence-electron chi connectivity index (χ1n) is 8.49. The molecule has 1 aliphatic heterocycles. The number of hydrogen-bond acceptors (Lipinski definition) is 2. The zero-order valence-corrected chi connectivity index (χ0v) is 12.5. The van der Waals surface area contributed by atoms with Gasteiger partial charge >= 0.3 is 0 Å². The first-order valence-corrected chi connectivity index (χ1v) is 8.49. The van der Waals surface area contributed by atoms with Gasteiger partial charge < -0.3 is 10.2 Å². The van der Waals surface area contributed by atoms with Crippen LogP contribution in [-0.2, 0) is 0 Å². The molecular formula is C17H30N2. The number of likely N-dealkylation sites (tertiary alicyclic amines) is 1. The van der Waals surface area contributed by atoms with E-state index < -0.39 is 0 Å². The fourth-order valence-corrected chi connectivity index (χ4v) is 4.19. The van der Waals surface area contributed by atoms with Gasteiger partial charge in [0.2, 0.25) is 0 Å². The first-order chi connectivity index (χ1) is 9.35. The van der Waals surface area contributed by atoms with Crippen molar-refractivity contribution in [2.75, 3.05) is 26.2 Å². The molecule has 2 heteroatoms. The molecule has 3 rings (SSSR count). The number of rotatable bonds is 6. The summed E-state index contributed by atoms with van der Waals surface area (Å²) >= 11 is 0. The molecule has 108 valence electrons. The molecule has 1 N–H and O–H groups in total. The normalized spacial score (nSPS) is 35.3. The van der Waals surface area contributed by atoms with Crippen molar-refractivity contribution in [3.63, 3.8) is 0 Å². The molecule has 3 aliphatic rings. The van der Waals surface area contributed by atoms with Crippen LogP contribution in [0.4, 0.5) is 0 Å². The van der Waals surface area contributed by atoms with Crippen molar-refractivity contribution < 1.29 is 0 Å². The van der Waals surface area contributed by atoms with Gasteiger partial charge in [0.05, 0.1) is 0 Å². The molecule has 0 aromatic rings. The number of nitrogens with zero attached hydrogens (tertiary/aromatic N) is 1. The van der Waals surface area contributed by atoms with E-state index in [1.54, 1.807) is 0 Å². The lowest BCUT2D eigenvalue weighted by Gasteiger charge is -2.33. The van der Waals surface area contributed by atoms with Gasteiger partial charge in [-0.1, -0.05) is 25.5 Å². The quantitative estimate of drug-likeness (QED) is 0.740. The summed E-state index contributed by atoms with van der Waals surface area (Å²) in [5, 5.41) is 3.86. The number of piperidine rings is 1. The third-order valence-corrected chi connectivity index (χ3v) is 5.50. The van der Waals surface area contributed by atoms with Gasteiger partial charge in [0.25, 0.3) is 0 Å². The molecule has 0 radical (unpaired) electrons. The SMILES string of the molecule is CCCCN1CCC(NCC2CC3C=CC2C3)CC1. The van der Waals surface area contributed by atoms with E-state index in [4.69, 9.17) is 0 Å². The van der Waals surface area contributed by atoms with E-state index >= 15 is 0 Å². The van der Waals surface area contributed by atoms with Gasteiger partial charge in [-0.05, 0) is 76.0 Å². The van der Waals surface area contributed by atoms with Gasteiger partial charge in [-0.25, -0.2) is 0 Å². The Labute approximate surface area is 118 Å². The highest BCUT2D eigenvalue weighted by Crippen LogP contribution is 2.43. The van der Waals surface area contributed by atoms with E-state index in [9.17, 15) is 0 Å². The molecular weight excluding hydrogens is 232 g/mol. The van der Waals surface area contributed by atoms with Crippen LogP contribution in [0.5, 0.6) is 0 Å². The molecule has 1 saturated heterocycles. The van der Waals surface area contributed by atoms with Crippen molar-refractivity contribution in [1.82, 2.24) is 10.2 Å². The zero-order valence-electron chi connectivity index (χ0n) is 12.5. The van der Waals surface area contributed by atoms with Crippen LogP contribution in [-0.4, -0.2) is 37.1 Å². The molecule has 2 nitrogen and oxygen atoms in total. The first kappa shape index (κ1) is 13.6. The highest BCUT2D eigenvalue weighted by Gasteiger charge is 2.35.